The van der Waals surface area contributed by atoms with E-state index in [0.717, 1.165) is 24.8 Å². The lowest BCUT2D eigenvalue weighted by Gasteiger charge is -2.21. The van der Waals surface area contributed by atoms with Crippen molar-refractivity contribution < 1.29 is 0 Å². The molecule has 17 heavy (non-hydrogen) atoms. The van der Waals surface area contributed by atoms with Crippen LogP contribution in [0.25, 0.3) is 0 Å². The normalized spacial score (nSPS) is 20.7. The molecule has 0 bridgehead atoms. The Bertz CT molecular complexity index is 346. The van der Waals surface area contributed by atoms with E-state index in [4.69, 9.17) is 0 Å². The minimum atomic E-state index is 0.785. The molecule has 1 aliphatic rings. The Hall–Kier alpha value is -0.130. The maximum Gasteiger partial charge on any atom is 0.0625 e. The molecular formula is C12H21N3S2. The van der Waals surface area contributed by atoms with Crippen molar-refractivity contribution in [3.63, 3.8) is 0 Å². The van der Waals surface area contributed by atoms with E-state index in [2.05, 4.69) is 46.9 Å². The van der Waals surface area contributed by atoms with E-state index in [9.17, 15) is 0 Å². The molecule has 5 heteroatoms. The maximum absolute atomic E-state index is 4.46. The van der Waals surface area contributed by atoms with Crippen molar-refractivity contribution >= 4 is 23.5 Å². The Morgan fingerprint density at radius 3 is 3.06 bits per heavy atom. The molecule has 3 nitrogen and oxygen atoms in total. The molecule has 96 valence electrons. The molecule has 1 N–H and O–H groups in total. The second-order valence-corrected chi connectivity index (χ2v) is 6.86. The van der Waals surface area contributed by atoms with E-state index >= 15 is 0 Å². The van der Waals surface area contributed by atoms with Gasteiger partial charge in [-0.15, -0.1) is 0 Å². The summed E-state index contributed by atoms with van der Waals surface area (Å²) in [6.45, 7) is 4.20. The van der Waals surface area contributed by atoms with Gasteiger partial charge in [-0.2, -0.15) is 28.6 Å². The lowest BCUT2D eigenvalue weighted by molar-refractivity contribution is 0.623. The van der Waals surface area contributed by atoms with Crippen LogP contribution in [0.5, 0.6) is 0 Å². The van der Waals surface area contributed by atoms with Crippen LogP contribution in [-0.2, 0) is 20.0 Å². The van der Waals surface area contributed by atoms with E-state index in [1.54, 1.807) is 0 Å². The van der Waals surface area contributed by atoms with Crippen molar-refractivity contribution in [3.05, 3.63) is 17.5 Å². The lowest BCUT2D eigenvalue weighted by atomic mass is 10.3. The standard InChI is InChI=1S/C12H21N3S2/c1-3-10-6-11(15(2)14-10)7-13-8-12-9-16-4-5-17-12/h6,12-13H,3-5,7-9H2,1-2H3. The van der Waals surface area contributed by atoms with Crippen LogP contribution in [0.4, 0.5) is 0 Å². The van der Waals surface area contributed by atoms with Gasteiger partial charge in [0.15, 0.2) is 0 Å². The summed E-state index contributed by atoms with van der Waals surface area (Å²) in [5.74, 6) is 3.93. The van der Waals surface area contributed by atoms with Gasteiger partial charge in [0.2, 0.25) is 0 Å². The predicted octanol–water partition coefficient (Wildman–Crippen LogP) is 1.92. The first-order chi connectivity index (χ1) is 8.29. The fourth-order valence-corrected chi connectivity index (χ4v) is 4.57. The van der Waals surface area contributed by atoms with Crippen LogP contribution in [0, 0.1) is 0 Å². The van der Waals surface area contributed by atoms with Gasteiger partial charge in [0.25, 0.3) is 0 Å². The Labute approximate surface area is 112 Å². The van der Waals surface area contributed by atoms with Crippen molar-refractivity contribution in [2.24, 2.45) is 7.05 Å². The summed E-state index contributed by atoms with van der Waals surface area (Å²) in [6, 6.07) is 2.20. The van der Waals surface area contributed by atoms with Crippen LogP contribution in [0.15, 0.2) is 6.07 Å². The first-order valence-electron chi connectivity index (χ1n) is 6.21. The lowest BCUT2D eigenvalue weighted by Crippen LogP contribution is -2.29. The maximum atomic E-state index is 4.46. The Morgan fingerprint density at radius 1 is 1.53 bits per heavy atom. The molecule has 1 saturated heterocycles. The molecule has 0 saturated carbocycles. The van der Waals surface area contributed by atoms with Crippen molar-refractivity contribution in [2.45, 2.75) is 25.1 Å². The van der Waals surface area contributed by atoms with E-state index in [1.165, 1.54) is 28.6 Å². The molecule has 1 unspecified atom stereocenters. The van der Waals surface area contributed by atoms with Crippen molar-refractivity contribution in [2.75, 3.05) is 23.8 Å². The SMILES string of the molecule is CCc1cc(CNCC2CSCCS2)n(C)n1. The highest BCUT2D eigenvalue weighted by molar-refractivity contribution is 8.06. The summed E-state index contributed by atoms with van der Waals surface area (Å²) in [6.07, 6.45) is 1.02. The van der Waals surface area contributed by atoms with Crippen LogP contribution in [0.2, 0.25) is 0 Å². The van der Waals surface area contributed by atoms with Crippen LogP contribution in [0.1, 0.15) is 18.3 Å². The number of hydrogen-bond donors (Lipinski definition) is 1. The third-order valence-corrected chi connectivity index (χ3v) is 5.80. The van der Waals surface area contributed by atoms with Crippen molar-refractivity contribution in [1.82, 2.24) is 15.1 Å². The molecule has 0 amide bonds. The largest absolute Gasteiger partial charge is 0.310 e. The second-order valence-electron chi connectivity index (χ2n) is 4.30. The number of rotatable bonds is 5. The average molecular weight is 271 g/mol. The highest BCUT2D eigenvalue weighted by Gasteiger charge is 2.13. The summed E-state index contributed by atoms with van der Waals surface area (Å²) < 4.78 is 1.99. The highest BCUT2D eigenvalue weighted by Crippen LogP contribution is 2.23. The number of nitrogens with zero attached hydrogens (tertiary/aromatic N) is 2. The molecule has 0 aliphatic carbocycles. The molecule has 2 rings (SSSR count). The Morgan fingerprint density at radius 2 is 2.41 bits per heavy atom. The van der Waals surface area contributed by atoms with Gasteiger partial charge >= 0.3 is 0 Å². The van der Waals surface area contributed by atoms with E-state index in [1.807, 2.05) is 11.7 Å². The van der Waals surface area contributed by atoms with Crippen molar-refractivity contribution in [3.8, 4) is 0 Å². The van der Waals surface area contributed by atoms with Gasteiger partial charge in [-0.1, -0.05) is 6.92 Å². The van der Waals surface area contributed by atoms with E-state index < -0.39 is 0 Å². The Balaban J connectivity index is 1.75. The zero-order chi connectivity index (χ0) is 12.1. The zero-order valence-electron chi connectivity index (χ0n) is 10.6. The number of aryl methyl sites for hydroxylation is 2. The molecule has 1 aromatic heterocycles. The number of aromatic nitrogens is 2. The minimum absolute atomic E-state index is 0.785. The van der Waals surface area contributed by atoms with Crippen molar-refractivity contribution in [1.29, 1.82) is 0 Å². The molecule has 1 fully saturated rings. The molecule has 0 radical (unpaired) electrons. The predicted molar refractivity (Wildman–Crippen MR) is 77.9 cm³/mol. The molecule has 1 atom stereocenters. The summed E-state index contributed by atoms with van der Waals surface area (Å²) in [7, 11) is 2.03. The molecule has 0 spiro atoms. The smallest absolute Gasteiger partial charge is 0.0625 e. The van der Waals surface area contributed by atoms with E-state index in [0.29, 0.717) is 0 Å². The third-order valence-electron chi connectivity index (χ3n) is 2.95. The van der Waals surface area contributed by atoms with Gasteiger partial charge in [0, 0.05) is 42.6 Å². The monoisotopic (exact) mass is 271 g/mol. The summed E-state index contributed by atoms with van der Waals surface area (Å²) in [4.78, 5) is 0. The zero-order valence-corrected chi connectivity index (χ0v) is 12.2. The van der Waals surface area contributed by atoms with Gasteiger partial charge in [0.05, 0.1) is 11.4 Å². The van der Waals surface area contributed by atoms with Crippen LogP contribution in [-0.4, -0.2) is 38.8 Å². The van der Waals surface area contributed by atoms with E-state index in [-0.39, 0.29) is 0 Å². The first-order valence-corrected chi connectivity index (χ1v) is 8.41. The van der Waals surface area contributed by atoms with Crippen LogP contribution >= 0.6 is 23.5 Å². The Kier molecular flexibility index (Phi) is 5.25. The summed E-state index contributed by atoms with van der Waals surface area (Å²) in [5, 5.41) is 8.80. The molecule has 1 aliphatic heterocycles. The van der Waals surface area contributed by atoms with Gasteiger partial charge < -0.3 is 5.32 Å². The quantitative estimate of drug-likeness (QED) is 0.886. The average Bonchev–Trinajstić information content (AvgIpc) is 2.72. The minimum Gasteiger partial charge on any atom is -0.310 e. The van der Waals surface area contributed by atoms with Gasteiger partial charge in [0.1, 0.15) is 0 Å². The topological polar surface area (TPSA) is 29.9 Å². The highest BCUT2D eigenvalue weighted by atomic mass is 32.2. The number of thioether (sulfide) groups is 2. The molecule has 1 aromatic rings. The third kappa shape index (κ3) is 3.93. The fourth-order valence-electron chi connectivity index (χ4n) is 1.93. The van der Waals surface area contributed by atoms with Crippen LogP contribution < -0.4 is 5.32 Å². The summed E-state index contributed by atoms with van der Waals surface area (Å²) >= 11 is 4.19. The van der Waals surface area contributed by atoms with Crippen LogP contribution in [0.3, 0.4) is 0 Å². The number of nitrogens with one attached hydrogen (secondary N) is 1. The molecule has 2 heterocycles. The second kappa shape index (κ2) is 6.71. The summed E-state index contributed by atoms with van der Waals surface area (Å²) in [5.41, 5.74) is 2.47. The van der Waals surface area contributed by atoms with Gasteiger partial charge in [-0.05, 0) is 12.5 Å². The molecular weight excluding hydrogens is 250 g/mol. The molecule has 0 aromatic carbocycles. The van der Waals surface area contributed by atoms with Gasteiger partial charge in [-0.25, -0.2) is 0 Å². The fraction of sp³-hybridized carbons (Fsp3) is 0.750. The van der Waals surface area contributed by atoms with Gasteiger partial charge in [-0.3, -0.25) is 4.68 Å². The first kappa shape index (κ1) is 13.3. The number of hydrogen-bond acceptors (Lipinski definition) is 4.